The first-order valence-electron chi connectivity index (χ1n) is 9.84. The molecule has 0 bridgehead atoms. The summed E-state index contributed by atoms with van der Waals surface area (Å²) >= 11 is 0. The minimum atomic E-state index is -0.495. The Balaban J connectivity index is 1.73. The molecule has 1 atom stereocenters. The van der Waals surface area contributed by atoms with Crippen molar-refractivity contribution in [3.05, 3.63) is 59.7 Å². The van der Waals surface area contributed by atoms with E-state index in [1.807, 2.05) is 30.3 Å². The molecule has 2 aromatic carbocycles. The van der Waals surface area contributed by atoms with Crippen LogP contribution in [0.25, 0.3) is 0 Å². The van der Waals surface area contributed by atoms with Gasteiger partial charge in [-0.2, -0.15) is 0 Å². The van der Waals surface area contributed by atoms with Gasteiger partial charge in [0.15, 0.2) is 6.10 Å². The number of benzene rings is 2. The predicted octanol–water partition coefficient (Wildman–Crippen LogP) is 5.75. The Morgan fingerprint density at radius 3 is 2.42 bits per heavy atom. The second kappa shape index (κ2) is 8.88. The smallest absolute Gasteiger partial charge is 0.203 e. The van der Waals surface area contributed by atoms with Gasteiger partial charge in [-0.3, -0.25) is 4.79 Å². The summed E-state index contributed by atoms with van der Waals surface area (Å²) in [6.07, 6.45) is 7.58. The lowest BCUT2D eigenvalue weighted by atomic mass is 9.83. The molecule has 1 unspecified atom stereocenters. The maximum atomic E-state index is 13.0. The number of Topliss-reactive ketones (excluding diaryl/α,β-unsaturated/α-hetero) is 1. The minimum absolute atomic E-state index is 0.0327. The van der Waals surface area contributed by atoms with E-state index < -0.39 is 6.10 Å². The zero-order chi connectivity index (χ0) is 18.4. The fourth-order valence-corrected chi connectivity index (χ4v) is 3.79. The highest BCUT2D eigenvalue weighted by Gasteiger charge is 2.23. The maximum Gasteiger partial charge on any atom is 0.203 e. The zero-order valence-electron chi connectivity index (χ0n) is 15.6. The molecule has 1 aliphatic carbocycles. The van der Waals surface area contributed by atoms with Gasteiger partial charge in [-0.05, 0) is 42.9 Å². The third-order valence-electron chi connectivity index (χ3n) is 5.30. The van der Waals surface area contributed by atoms with Crippen molar-refractivity contribution >= 4 is 11.5 Å². The summed E-state index contributed by atoms with van der Waals surface area (Å²) in [4.78, 5) is 13.0. The predicted molar refractivity (Wildman–Crippen MR) is 107 cm³/mol. The number of hydrogen-bond donors (Lipinski definition) is 1. The number of carbonyl (C=O) groups is 1. The average molecular weight is 351 g/mol. The van der Waals surface area contributed by atoms with Crippen LogP contribution < -0.4 is 10.5 Å². The van der Waals surface area contributed by atoms with Crippen molar-refractivity contribution in [3.63, 3.8) is 0 Å². The Bertz CT molecular complexity index is 717. The number of ketones is 1. The number of rotatable bonds is 7. The Hall–Kier alpha value is -2.29. The number of ether oxygens (including phenoxy) is 1. The molecule has 26 heavy (non-hydrogen) atoms. The average Bonchev–Trinajstić information content (AvgIpc) is 2.69. The van der Waals surface area contributed by atoms with E-state index in [2.05, 4.69) is 19.1 Å². The first-order valence-corrected chi connectivity index (χ1v) is 9.84. The van der Waals surface area contributed by atoms with Crippen molar-refractivity contribution < 1.29 is 9.53 Å². The summed E-state index contributed by atoms with van der Waals surface area (Å²) < 4.78 is 5.97. The Labute approximate surface area is 156 Å². The van der Waals surface area contributed by atoms with Crippen LogP contribution in [-0.2, 0) is 0 Å². The molecule has 3 nitrogen and oxygen atoms in total. The van der Waals surface area contributed by atoms with E-state index >= 15 is 0 Å². The summed E-state index contributed by atoms with van der Waals surface area (Å²) in [5, 5.41) is 0. The fourth-order valence-electron chi connectivity index (χ4n) is 3.79. The van der Waals surface area contributed by atoms with E-state index in [9.17, 15) is 4.79 Å². The molecule has 1 fully saturated rings. The molecule has 1 aliphatic rings. The molecule has 3 heteroatoms. The van der Waals surface area contributed by atoms with Gasteiger partial charge in [0.1, 0.15) is 5.75 Å². The highest BCUT2D eigenvalue weighted by atomic mass is 16.5. The maximum absolute atomic E-state index is 13.0. The van der Waals surface area contributed by atoms with Crippen LogP contribution in [0.15, 0.2) is 48.5 Å². The molecule has 138 valence electrons. The fraction of sp³-hybridized carbons (Fsp3) is 0.435. The summed E-state index contributed by atoms with van der Waals surface area (Å²) in [6.45, 7) is 2.06. The lowest BCUT2D eigenvalue weighted by Crippen LogP contribution is -2.27. The summed E-state index contributed by atoms with van der Waals surface area (Å²) in [7, 11) is 0. The van der Waals surface area contributed by atoms with Gasteiger partial charge >= 0.3 is 0 Å². The van der Waals surface area contributed by atoms with Crippen LogP contribution in [0.3, 0.4) is 0 Å². The molecule has 0 amide bonds. The molecule has 1 saturated carbocycles. The molecule has 0 radical (unpaired) electrons. The number of para-hydroxylation sites is 2. The van der Waals surface area contributed by atoms with Crippen LogP contribution in [0.4, 0.5) is 5.69 Å². The molecule has 0 saturated heterocycles. The van der Waals surface area contributed by atoms with E-state index in [1.54, 1.807) is 6.07 Å². The number of nitrogens with two attached hydrogens (primary N) is 1. The van der Waals surface area contributed by atoms with E-state index in [0.717, 1.165) is 12.0 Å². The third kappa shape index (κ3) is 4.46. The van der Waals surface area contributed by atoms with E-state index in [1.165, 1.54) is 37.7 Å². The van der Waals surface area contributed by atoms with Crippen molar-refractivity contribution in [2.45, 2.75) is 63.9 Å². The minimum Gasteiger partial charge on any atom is -0.480 e. The molecule has 0 aromatic heterocycles. The Kier molecular flexibility index (Phi) is 6.32. The van der Waals surface area contributed by atoms with Gasteiger partial charge in [0.05, 0.1) is 5.69 Å². The largest absolute Gasteiger partial charge is 0.480 e. The van der Waals surface area contributed by atoms with Crippen LogP contribution in [0, 0.1) is 0 Å². The zero-order valence-corrected chi connectivity index (χ0v) is 15.6. The SMILES string of the molecule is CCCC(Oc1ccccc1N)C(=O)c1ccc(C2CCCCC2)cc1. The standard InChI is InChI=1S/C23H29NO2/c1-2-8-22(26-21-12-7-6-11-20(21)24)23(25)19-15-13-18(14-16-19)17-9-4-3-5-10-17/h6-7,11-17,22H,2-5,8-10,24H2,1H3. The Morgan fingerprint density at radius 1 is 1.08 bits per heavy atom. The molecule has 0 aliphatic heterocycles. The lowest BCUT2D eigenvalue weighted by Gasteiger charge is -2.22. The normalized spacial score (nSPS) is 16.2. The van der Waals surface area contributed by atoms with Crippen LogP contribution >= 0.6 is 0 Å². The van der Waals surface area contributed by atoms with Gasteiger partial charge in [0, 0.05) is 5.56 Å². The Morgan fingerprint density at radius 2 is 1.77 bits per heavy atom. The van der Waals surface area contributed by atoms with Gasteiger partial charge in [0.25, 0.3) is 0 Å². The van der Waals surface area contributed by atoms with Crippen LogP contribution in [0.2, 0.25) is 0 Å². The number of hydrogen-bond acceptors (Lipinski definition) is 3. The van der Waals surface area contributed by atoms with Gasteiger partial charge in [-0.1, -0.05) is 69.0 Å². The van der Waals surface area contributed by atoms with E-state index in [0.29, 0.717) is 23.8 Å². The number of anilines is 1. The molecular formula is C23H29NO2. The lowest BCUT2D eigenvalue weighted by molar-refractivity contribution is 0.0778. The quantitative estimate of drug-likeness (QED) is 0.510. The summed E-state index contributed by atoms with van der Waals surface area (Å²) in [6, 6.07) is 15.5. The van der Waals surface area contributed by atoms with Crippen molar-refractivity contribution in [2.24, 2.45) is 0 Å². The first kappa shape index (κ1) is 18.5. The van der Waals surface area contributed by atoms with Crippen LogP contribution in [0.1, 0.15) is 73.7 Å². The molecule has 3 rings (SSSR count). The summed E-state index contributed by atoms with van der Waals surface area (Å²) in [5.74, 6) is 1.27. The molecule has 2 N–H and O–H groups in total. The third-order valence-corrected chi connectivity index (χ3v) is 5.30. The number of carbonyl (C=O) groups excluding carboxylic acids is 1. The molecular weight excluding hydrogens is 322 g/mol. The van der Waals surface area contributed by atoms with Crippen molar-refractivity contribution in [1.29, 1.82) is 0 Å². The topological polar surface area (TPSA) is 52.3 Å². The van der Waals surface area contributed by atoms with Crippen molar-refractivity contribution in [3.8, 4) is 5.75 Å². The van der Waals surface area contributed by atoms with Crippen LogP contribution in [0.5, 0.6) is 5.75 Å². The highest BCUT2D eigenvalue weighted by Crippen LogP contribution is 2.33. The van der Waals surface area contributed by atoms with Gasteiger partial charge in [-0.25, -0.2) is 0 Å². The van der Waals surface area contributed by atoms with Crippen molar-refractivity contribution in [1.82, 2.24) is 0 Å². The monoisotopic (exact) mass is 351 g/mol. The van der Waals surface area contributed by atoms with Gasteiger partial charge < -0.3 is 10.5 Å². The molecule has 0 spiro atoms. The number of nitrogen functional groups attached to an aromatic ring is 1. The van der Waals surface area contributed by atoms with Crippen LogP contribution in [-0.4, -0.2) is 11.9 Å². The second-order valence-corrected chi connectivity index (χ2v) is 7.25. The van der Waals surface area contributed by atoms with Crippen molar-refractivity contribution in [2.75, 3.05) is 5.73 Å². The van der Waals surface area contributed by atoms with Gasteiger partial charge in [-0.15, -0.1) is 0 Å². The van der Waals surface area contributed by atoms with E-state index in [4.69, 9.17) is 10.5 Å². The second-order valence-electron chi connectivity index (χ2n) is 7.25. The van der Waals surface area contributed by atoms with Gasteiger partial charge in [0.2, 0.25) is 5.78 Å². The molecule has 0 heterocycles. The highest BCUT2D eigenvalue weighted by molar-refractivity contribution is 5.99. The first-order chi connectivity index (χ1) is 12.7. The van der Waals surface area contributed by atoms with E-state index in [-0.39, 0.29) is 5.78 Å². The summed E-state index contributed by atoms with van der Waals surface area (Å²) in [5.41, 5.74) is 8.62. The molecule has 2 aromatic rings.